The molecule has 5 N–H and O–H groups in total. The quantitative estimate of drug-likeness (QED) is 0.355. The number of pyridine rings is 1. The third kappa shape index (κ3) is 6.23. The molecule has 0 radical (unpaired) electrons. The predicted octanol–water partition coefficient (Wildman–Crippen LogP) is 2.64. The van der Waals surface area contributed by atoms with Crippen molar-refractivity contribution in [2.45, 2.75) is 6.18 Å². The number of aromatic nitrogens is 3. The number of carbonyl (C=O) groups is 1. The van der Waals surface area contributed by atoms with Crippen molar-refractivity contribution in [3.05, 3.63) is 53.7 Å². The fourth-order valence-electron chi connectivity index (χ4n) is 2.90. The number of nitrogens with one attached hydrogen (secondary N) is 3. The molecule has 0 aliphatic heterocycles. The maximum Gasteiger partial charge on any atom is 0.433 e. The highest BCUT2D eigenvalue weighted by Crippen LogP contribution is 2.31. The Balaban J connectivity index is 1.84. The van der Waals surface area contributed by atoms with E-state index >= 15 is 0 Å². The summed E-state index contributed by atoms with van der Waals surface area (Å²) >= 11 is 0. The average molecular weight is 498 g/mol. The van der Waals surface area contributed by atoms with Gasteiger partial charge in [-0.3, -0.25) is 14.6 Å². The van der Waals surface area contributed by atoms with E-state index in [1.54, 1.807) is 19.0 Å². The molecule has 0 spiro atoms. The van der Waals surface area contributed by atoms with E-state index < -0.39 is 27.8 Å². The largest absolute Gasteiger partial charge is 0.433 e. The van der Waals surface area contributed by atoms with Crippen LogP contribution in [-0.2, 0) is 16.2 Å². The topological polar surface area (TPSA) is 146 Å². The van der Waals surface area contributed by atoms with Gasteiger partial charge < -0.3 is 16.0 Å². The van der Waals surface area contributed by atoms with Gasteiger partial charge in [-0.05, 0) is 38.4 Å². The minimum absolute atomic E-state index is 0.0391. The Hall–Kier alpha value is -3.65. The van der Waals surface area contributed by atoms with Gasteiger partial charge in [-0.2, -0.15) is 18.3 Å². The second kappa shape index (κ2) is 9.69. The van der Waals surface area contributed by atoms with Gasteiger partial charge in [0.15, 0.2) is 0 Å². The van der Waals surface area contributed by atoms with Crippen LogP contribution in [0.15, 0.2) is 42.5 Å². The number of carbonyl (C=O) groups excluding carboxylic acids is 1. The number of aromatic amines is 1. The molecule has 1 amide bonds. The summed E-state index contributed by atoms with van der Waals surface area (Å²) in [6, 6.07) is 9.30. The van der Waals surface area contributed by atoms with Crippen molar-refractivity contribution >= 4 is 33.3 Å². The number of alkyl halides is 3. The molecular weight excluding hydrogens is 475 g/mol. The zero-order chi connectivity index (χ0) is 25.1. The lowest BCUT2D eigenvalue weighted by atomic mass is 10.1. The first-order valence-electron chi connectivity index (χ1n) is 9.81. The van der Waals surface area contributed by atoms with E-state index in [2.05, 4.69) is 25.2 Å². The Morgan fingerprint density at radius 2 is 1.82 bits per heavy atom. The molecule has 0 fully saturated rings. The maximum atomic E-state index is 12.9. The van der Waals surface area contributed by atoms with Gasteiger partial charge in [0, 0.05) is 17.8 Å². The lowest BCUT2D eigenvalue weighted by Gasteiger charge is -2.12. The number of H-pyrrole nitrogens is 1. The molecule has 0 aliphatic rings. The summed E-state index contributed by atoms with van der Waals surface area (Å²) in [7, 11) is -0.0367. The molecule has 0 saturated heterocycles. The minimum Gasteiger partial charge on any atom is -0.365 e. The Kier molecular flexibility index (Phi) is 7.12. The molecule has 0 unspecified atom stereocenters. The molecule has 3 rings (SSSR count). The van der Waals surface area contributed by atoms with Gasteiger partial charge in [0.25, 0.3) is 5.91 Å². The number of primary amides is 1. The van der Waals surface area contributed by atoms with Crippen molar-refractivity contribution in [1.29, 1.82) is 0 Å². The van der Waals surface area contributed by atoms with E-state index in [9.17, 15) is 26.4 Å². The number of rotatable bonds is 9. The van der Waals surface area contributed by atoms with Gasteiger partial charge in [-0.15, -0.1) is 0 Å². The van der Waals surface area contributed by atoms with Crippen molar-refractivity contribution in [1.82, 2.24) is 20.1 Å². The van der Waals surface area contributed by atoms with Crippen molar-refractivity contribution in [3.63, 3.8) is 0 Å². The average Bonchev–Trinajstić information content (AvgIpc) is 3.16. The van der Waals surface area contributed by atoms with Crippen LogP contribution in [0, 0.1) is 0 Å². The highest BCUT2D eigenvalue weighted by molar-refractivity contribution is 7.92. The molecule has 10 nitrogen and oxygen atoms in total. The van der Waals surface area contributed by atoms with Crippen molar-refractivity contribution in [2.24, 2.45) is 5.73 Å². The molecule has 0 saturated carbocycles. The molecule has 0 atom stereocenters. The third-order valence-electron chi connectivity index (χ3n) is 4.54. The highest BCUT2D eigenvalue weighted by Gasteiger charge is 2.32. The second-order valence-corrected chi connectivity index (χ2v) is 9.36. The molecular formula is C20H22F3N7O3S. The Morgan fingerprint density at radius 3 is 2.41 bits per heavy atom. The van der Waals surface area contributed by atoms with Crippen molar-refractivity contribution < 1.29 is 26.4 Å². The van der Waals surface area contributed by atoms with E-state index in [-0.39, 0.29) is 28.6 Å². The van der Waals surface area contributed by atoms with E-state index in [1.807, 2.05) is 0 Å². The van der Waals surface area contributed by atoms with Crippen LogP contribution in [-0.4, -0.2) is 60.8 Å². The summed E-state index contributed by atoms with van der Waals surface area (Å²) in [6.45, 7) is 0.346. The Bertz CT molecular complexity index is 1270. The van der Waals surface area contributed by atoms with Crippen molar-refractivity contribution in [3.8, 4) is 11.3 Å². The third-order valence-corrected chi connectivity index (χ3v) is 5.81. The van der Waals surface area contributed by atoms with Crippen LogP contribution >= 0.6 is 0 Å². The lowest BCUT2D eigenvalue weighted by Crippen LogP contribution is -2.26. The number of benzene rings is 1. The van der Waals surface area contributed by atoms with Gasteiger partial charge in [0.2, 0.25) is 10.0 Å². The van der Waals surface area contributed by atoms with Gasteiger partial charge in [-0.25, -0.2) is 13.4 Å². The Morgan fingerprint density at radius 1 is 1.15 bits per heavy atom. The fraction of sp³-hybridized carbons (Fsp3) is 0.250. The van der Waals surface area contributed by atoms with Gasteiger partial charge >= 0.3 is 6.18 Å². The molecule has 34 heavy (non-hydrogen) atoms. The SMILES string of the molecule is CN(C)CCS(=O)(=O)Nc1ccc(-c2n[nH]c(Nc3cccc(C(F)(F)F)n3)c2C(N)=O)cc1. The van der Waals surface area contributed by atoms with Gasteiger partial charge in [0.05, 0.1) is 5.75 Å². The van der Waals surface area contributed by atoms with Crippen LogP contribution in [0.5, 0.6) is 0 Å². The van der Waals surface area contributed by atoms with Crippen LogP contribution in [0.2, 0.25) is 0 Å². The zero-order valence-electron chi connectivity index (χ0n) is 18.1. The summed E-state index contributed by atoms with van der Waals surface area (Å²) < 4.78 is 65.6. The van der Waals surface area contributed by atoms with Gasteiger partial charge in [0.1, 0.15) is 28.6 Å². The van der Waals surface area contributed by atoms with E-state index in [1.165, 1.54) is 30.3 Å². The number of hydrogen-bond acceptors (Lipinski definition) is 7. The monoisotopic (exact) mass is 497 g/mol. The van der Waals surface area contributed by atoms with Crippen LogP contribution < -0.4 is 15.8 Å². The van der Waals surface area contributed by atoms with Gasteiger partial charge in [-0.1, -0.05) is 18.2 Å². The first-order valence-corrected chi connectivity index (χ1v) is 11.5. The highest BCUT2D eigenvalue weighted by atomic mass is 32.2. The molecule has 182 valence electrons. The first-order chi connectivity index (χ1) is 15.9. The number of amides is 1. The number of hydrogen-bond donors (Lipinski definition) is 4. The minimum atomic E-state index is -4.64. The van der Waals surface area contributed by atoms with Crippen LogP contribution in [0.1, 0.15) is 16.1 Å². The predicted molar refractivity (Wildman–Crippen MR) is 121 cm³/mol. The number of nitrogens with two attached hydrogens (primary N) is 1. The zero-order valence-corrected chi connectivity index (χ0v) is 19.0. The fourth-order valence-corrected chi connectivity index (χ4v) is 4.10. The summed E-state index contributed by atoms with van der Waals surface area (Å²) in [6.07, 6.45) is -4.64. The number of sulfonamides is 1. The molecule has 0 aliphatic carbocycles. The normalized spacial score (nSPS) is 12.1. The number of halogens is 3. The van der Waals surface area contributed by atoms with E-state index in [4.69, 9.17) is 5.73 Å². The second-order valence-electron chi connectivity index (χ2n) is 7.52. The molecule has 2 aromatic heterocycles. The first kappa shape index (κ1) is 25.0. The molecule has 3 aromatic rings. The molecule has 1 aromatic carbocycles. The Labute approximate surface area is 193 Å². The summed E-state index contributed by atoms with van der Waals surface area (Å²) in [5.41, 5.74) is 5.14. The molecule has 14 heteroatoms. The smallest absolute Gasteiger partial charge is 0.365 e. The lowest BCUT2D eigenvalue weighted by molar-refractivity contribution is -0.141. The van der Waals surface area contributed by atoms with Crippen LogP contribution in [0.4, 0.5) is 30.5 Å². The molecule has 2 heterocycles. The summed E-state index contributed by atoms with van der Waals surface area (Å²) in [4.78, 5) is 17.3. The standard InChI is InChI=1S/C20H22F3N7O3S/c1-30(2)10-11-34(32,33)29-13-8-6-12(7-9-13)17-16(18(24)31)19(28-27-17)26-15-5-3-4-14(25-15)20(21,22)23/h3-9,29H,10-11H2,1-2H3,(H2,24,31)(H2,25,26,27,28). The van der Waals surface area contributed by atoms with E-state index in [0.717, 1.165) is 12.1 Å². The van der Waals surface area contributed by atoms with Crippen LogP contribution in [0.3, 0.4) is 0 Å². The van der Waals surface area contributed by atoms with Crippen molar-refractivity contribution in [2.75, 3.05) is 36.4 Å². The van der Waals surface area contributed by atoms with E-state index in [0.29, 0.717) is 17.8 Å². The number of anilines is 3. The number of nitrogens with zero attached hydrogens (tertiary/aromatic N) is 3. The summed E-state index contributed by atoms with van der Waals surface area (Å²) in [5.74, 6) is -1.18. The van der Waals surface area contributed by atoms with Crippen LogP contribution in [0.25, 0.3) is 11.3 Å². The molecule has 0 bridgehead atoms. The summed E-state index contributed by atoms with van der Waals surface area (Å²) in [5, 5.41) is 9.18. The maximum absolute atomic E-state index is 12.9.